The summed E-state index contributed by atoms with van der Waals surface area (Å²) in [6.45, 7) is 0. The van der Waals surface area contributed by atoms with E-state index in [1.807, 2.05) is 6.07 Å². The van der Waals surface area contributed by atoms with E-state index in [0.29, 0.717) is 0 Å². The SMILES string of the molecule is c1ccc(-c2ccc(-n3c4ccccc4c4cc(-c5ccc6c7ccccc7n(C7Nc8c(oc9ccccc89)C(c8ccccc8)N7)c6c5)ccc43)cc2)cc1. The Morgan fingerprint density at radius 1 is 0.421 bits per heavy atom. The third-order valence-electron chi connectivity index (χ3n) is 11.8. The monoisotopic (exact) mass is 732 g/mol. The van der Waals surface area contributed by atoms with E-state index >= 15 is 0 Å². The number of rotatable bonds is 5. The van der Waals surface area contributed by atoms with Gasteiger partial charge < -0.3 is 18.9 Å². The summed E-state index contributed by atoms with van der Waals surface area (Å²) in [5, 5.41) is 13.9. The summed E-state index contributed by atoms with van der Waals surface area (Å²) < 4.78 is 11.4. The fourth-order valence-corrected chi connectivity index (χ4v) is 9.18. The van der Waals surface area contributed by atoms with E-state index in [2.05, 4.69) is 208 Å². The lowest BCUT2D eigenvalue weighted by Crippen LogP contribution is -2.40. The summed E-state index contributed by atoms with van der Waals surface area (Å²) in [4.78, 5) is 0. The van der Waals surface area contributed by atoms with Crippen molar-refractivity contribution in [2.45, 2.75) is 12.3 Å². The third-order valence-corrected chi connectivity index (χ3v) is 11.8. The van der Waals surface area contributed by atoms with Crippen LogP contribution in [-0.2, 0) is 0 Å². The van der Waals surface area contributed by atoms with Crippen LogP contribution in [0.25, 0.3) is 82.5 Å². The molecule has 57 heavy (non-hydrogen) atoms. The van der Waals surface area contributed by atoms with Crippen molar-refractivity contribution in [1.82, 2.24) is 14.5 Å². The van der Waals surface area contributed by atoms with E-state index in [1.54, 1.807) is 0 Å². The van der Waals surface area contributed by atoms with E-state index < -0.39 is 0 Å². The molecule has 0 saturated carbocycles. The molecule has 0 radical (unpaired) electrons. The molecule has 2 atom stereocenters. The van der Waals surface area contributed by atoms with Crippen molar-refractivity contribution < 1.29 is 4.42 Å². The average molecular weight is 733 g/mol. The van der Waals surface area contributed by atoms with Gasteiger partial charge in [-0.1, -0.05) is 140 Å². The summed E-state index contributed by atoms with van der Waals surface area (Å²) in [5.41, 5.74) is 13.7. The van der Waals surface area contributed by atoms with Crippen LogP contribution in [0.15, 0.2) is 199 Å². The molecule has 0 aliphatic carbocycles. The van der Waals surface area contributed by atoms with Crippen molar-refractivity contribution in [1.29, 1.82) is 0 Å². The van der Waals surface area contributed by atoms with Gasteiger partial charge in [-0.25, -0.2) is 0 Å². The van der Waals surface area contributed by atoms with E-state index in [4.69, 9.17) is 4.42 Å². The third kappa shape index (κ3) is 4.99. The molecule has 0 bridgehead atoms. The van der Waals surface area contributed by atoms with Gasteiger partial charge in [-0.05, 0) is 82.4 Å². The maximum atomic E-state index is 6.56. The second-order valence-electron chi connectivity index (χ2n) is 15.0. The highest BCUT2D eigenvalue weighted by molar-refractivity contribution is 6.12. The maximum Gasteiger partial charge on any atom is 0.160 e. The second kappa shape index (κ2) is 12.6. The summed E-state index contributed by atoms with van der Waals surface area (Å²) >= 11 is 0. The number of fused-ring (bicyclic) bond motifs is 9. The number of hydrogen-bond acceptors (Lipinski definition) is 3. The molecular weight excluding hydrogens is 697 g/mol. The number of hydrogen-bond donors (Lipinski definition) is 2. The summed E-state index contributed by atoms with van der Waals surface area (Å²) in [5.74, 6) is 0.903. The van der Waals surface area contributed by atoms with Crippen LogP contribution >= 0.6 is 0 Å². The van der Waals surface area contributed by atoms with Crippen molar-refractivity contribution in [3.63, 3.8) is 0 Å². The lowest BCUT2D eigenvalue weighted by molar-refractivity contribution is 0.371. The first kappa shape index (κ1) is 32.0. The molecule has 270 valence electrons. The lowest BCUT2D eigenvalue weighted by Gasteiger charge is -2.34. The van der Waals surface area contributed by atoms with Crippen molar-refractivity contribution in [2.75, 3.05) is 5.32 Å². The predicted molar refractivity (Wildman–Crippen MR) is 235 cm³/mol. The minimum Gasteiger partial charge on any atom is -0.457 e. The Bertz CT molecular complexity index is 3300. The van der Waals surface area contributed by atoms with Crippen LogP contribution in [-0.4, -0.2) is 9.13 Å². The van der Waals surface area contributed by atoms with Gasteiger partial charge in [0.25, 0.3) is 0 Å². The van der Waals surface area contributed by atoms with Gasteiger partial charge in [0, 0.05) is 32.6 Å². The zero-order chi connectivity index (χ0) is 37.5. The molecule has 1 aliphatic rings. The highest BCUT2D eigenvalue weighted by Gasteiger charge is 2.34. The Morgan fingerprint density at radius 2 is 1.00 bits per heavy atom. The number of furan rings is 1. The smallest absolute Gasteiger partial charge is 0.160 e. The van der Waals surface area contributed by atoms with Gasteiger partial charge in [0.05, 0.1) is 33.8 Å². The van der Waals surface area contributed by atoms with Crippen LogP contribution in [0, 0.1) is 0 Å². The highest BCUT2D eigenvalue weighted by Crippen LogP contribution is 2.44. The molecule has 5 nitrogen and oxygen atoms in total. The summed E-state index contributed by atoms with van der Waals surface area (Å²) in [6, 6.07) is 69.6. The standard InChI is InChI=1S/C52H36N4O/c1-3-13-33(14-4-1)34-23-27-38(28-24-34)55-44-20-10-8-18-40(44)43-31-36(26-30-46(43)55)37-25-29-41-39-17-7-11-21-45(39)56(47(41)32-37)52-53-49(35-15-5-2-6-16-35)51-50(54-52)42-19-9-12-22-48(42)57-51/h1-32,49,52-54H. The van der Waals surface area contributed by atoms with Gasteiger partial charge in [0.15, 0.2) is 6.29 Å². The van der Waals surface area contributed by atoms with E-state index in [0.717, 1.165) is 44.7 Å². The number of para-hydroxylation sites is 3. The molecule has 0 spiro atoms. The molecule has 2 unspecified atom stereocenters. The van der Waals surface area contributed by atoms with Crippen LogP contribution in [0.1, 0.15) is 23.7 Å². The van der Waals surface area contributed by atoms with Crippen LogP contribution in [0.3, 0.4) is 0 Å². The van der Waals surface area contributed by atoms with Crippen molar-refractivity contribution in [3.05, 3.63) is 205 Å². The molecule has 5 heteroatoms. The van der Waals surface area contributed by atoms with Crippen molar-refractivity contribution >= 4 is 60.3 Å². The Kier molecular flexibility index (Phi) is 7.06. The topological polar surface area (TPSA) is 47.1 Å². The summed E-state index contributed by atoms with van der Waals surface area (Å²) in [7, 11) is 0. The predicted octanol–water partition coefficient (Wildman–Crippen LogP) is 13.2. The first-order chi connectivity index (χ1) is 28.3. The summed E-state index contributed by atoms with van der Waals surface area (Å²) in [6.07, 6.45) is -0.255. The molecule has 2 N–H and O–H groups in total. The van der Waals surface area contributed by atoms with Gasteiger partial charge in [-0.15, -0.1) is 0 Å². The quantitative estimate of drug-likeness (QED) is 0.185. The normalized spacial score (nSPS) is 15.4. The Balaban J connectivity index is 1.00. The molecule has 0 amide bonds. The molecule has 12 rings (SSSR count). The lowest BCUT2D eigenvalue weighted by atomic mass is 10.0. The van der Waals surface area contributed by atoms with E-state index in [9.17, 15) is 0 Å². The van der Waals surface area contributed by atoms with Crippen LogP contribution in [0.2, 0.25) is 0 Å². The molecule has 4 heterocycles. The molecule has 1 aliphatic heterocycles. The van der Waals surface area contributed by atoms with Gasteiger partial charge in [0.2, 0.25) is 0 Å². The van der Waals surface area contributed by atoms with Gasteiger partial charge in [-0.3, -0.25) is 5.32 Å². The zero-order valence-corrected chi connectivity index (χ0v) is 30.9. The van der Waals surface area contributed by atoms with E-state index in [-0.39, 0.29) is 12.3 Å². The molecule has 8 aromatic carbocycles. The van der Waals surface area contributed by atoms with Crippen molar-refractivity contribution in [2.24, 2.45) is 0 Å². The highest BCUT2D eigenvalue weighted by atomic mass is 16.3. The van der Waals surface area contributed by atoms with Gasteiger partial charge in [-0.2, -0.15) is 0 Å². The number of benzene rings is 8. The average Bonchev–Trinajstić information content (AvgIpc) is 3.94. The van der Waals surface area contributed by atoms with Crippen LogP contribution in [0.4, 0.5) is 5.69 Å². The largest absolute Gasteiger partial charge is 0.457 e. The molecule has 0 saturated heterocycles. The minimum absolute atomic E-state index is 0.145. The molecule has 3 aromatic heterocycles. The number of nitrogens with zero attached hydrogens (tertiary/aromatic N) is 2. The molecule has 11 aromatic rings. The molecule has 0 fully saturated rings. The number of aromatic nitrogens is 2. The Labute approximate surface area is 329 Å². The van der Waals surface area contributed by atoms with Crippen LogP contribution < -0.4 is 10.6 Å². The Morgan fingerprint density at radius 3 is 1.81 bits per heavy atom. The maximum absolute atomic E-state index is 6.56. The van der Waals surface area contributed by atoms with Crippen LogP contribution in [0.5, 0.6) is 0 Å². The van der Waals surface area contributed by atoms with Crippen molar-refractivity contribution in [3.8, 4) is 27.9 Å². The minimum atomic E-state index is -0.255. The molecular formula is C52H36N4O. The fraction of sp³-hybridized carbons (Fsp3) is 0.0385. The Hall–Kier alpha value is -7.34. The first-order valence-corrected chi connectivity index (χ1v) is 19.6. The fourth-order valence-electron chi connectivity index (χ4n) is 9.18. The second-order valence-corrected chi connectivity index (χ2v) is 15.0. The van der Waals surface area contributed by atoms with E-state index in [1.165, 1.54) is 54.8 Å². The number of nitrogens with one attached hydrogen (secondary N) is 2. The number of anilines is 1. The first-order valence-electron chi connectivity index (χ1n) is 19.6. The van der Waals surface area contributed by atoms with Gasteiger partial charge >= 0.3 is 0 Å². The van der Waals surface area contributed by atoms with Gasteiger partial charge in [0.1, 0.15) is 11.3 Å². The zero-order valence-electron chi connectivity index (χ0n) is 30.9.